The van der Waals surface area contributed by atoms with Crippen molar-refractivity contribution in [2.24, 2.45) is 0 Å². The van der Waals surface area contributed by atoms with E-state index in [9.17, 15) is 4.79 Å². The fourth-order valence-electron chi connectivity index (χ4n) is 4.19. The molecule has 4 aromatic carbocycles. The molecule has 0 saturated heterocycles. The Kier molecular flexibility index (Phi) is 6.83. The molecule has 0 unspecified atom stereocenters. The first-order chi connectivity index (χ1) is 15.5. The van der Waals surface area contributed by atoms with Crippen molar-refractivity contribution in [3.8, 4) is 11.1 Å². The fourth-order valence-corrected chi connectivity index (χ4v) is 4.59. The summed E-state index contributed by atoms with van der Waals surface area (Å²) >= 11 is 12.7. The number of fused-ring (bicyclic) bond motifs is 1. The van der Waals surface area contributed by atoms with Gasteiger partial charge in [0.25, 0.3) is 5.91 Å². The van der Waals surface area contributed by atoms with Gasteiger partial charge in [-0.3, -0.25) is 4.79 Å². The molecule has 2 nitrogen and oxygen atoms in total. The van der Waals surface area contributed by atoms with E-state index in [4.69, 9.17) is 23.2 Å². The monoisotopic (exact) mass is 461 g/mol. The first-order valence-corrected chi connectivity index (χ1v) is 11.6. The van der Waals surface area contributed by atoms with Crippen LogP contribution < -0.4 is 5.32 Å². The molecule has 0 aliphatic rings. The predicted molar refractivity (Wildman–Crippen MR) is 136 cm³/mol. The van der Waals surface area contributed by atoms with Gasteiger partial charge in [0.1, 0.15) is 0 Å². The lowest BCUT2D eigenvalue weighted by atomic mass is 9.95. The molecule has 0 saturated carbocycles. The Morgan fingerprint density at radius 3 is 2.44 bits per heavy atom. The van der Waals surface area contributed by atoms with Crippen molar-refractivity contribution in [1.82, 2.24) is 5.32 Å². The van der Waals surface area contributed by atoms with E-state index < -0.39 is 0 Å². The van der Waals surface area contributed by atoms with Crippen LogP contribution in [-0.2, 0) is 0 Å². The van der Waals surface area contributed by atoms with Crippen LogP contribution in [0.5, 0.6) is 0 Å². The normalized spacial score (nSPS) is 12.0. The van der Waals surface area contributed by atoms with Gasteiger partial charge in [0.05, 0.1) is 16.1 Å². The van der Waals surface area contributed by atoms with Gasteiger partial charge in [-0.05, 0) is 59.0 Å². The number of rotatable bonds is 6. The number of hydrogen-bond acceptors (Lipinski definition) is 1. The third-order valence-corrected chi connectivity index (χ3v) is 6.65. The molecule has 32 heavy (non-hydrogen) atoms. The molecule has 4 heteroatoms. The van der Waals surface area contributed by atoms with E-state index >= 15 is 0 Å². The molecule has 1 N–H and O–H groups in total. The van der Waals surface area contributed by atoms with Crippen molar-refractivity contribution in [3.63, 3.8) is 0 Å². The minimum Gasteiger partial charge on any atom is -0.345 e. The number of carbonyl (C=O) groups is 1. The summed E-state index contributed by atoms with van der Waals surface area (Å²) in [6, 6.07) is 25.7. The number of halogens is 2. The Morgan fingerprint density at radius 1 is 0.906 bits per heavy atom. The van der Waals surface area contributed by atoms with Crippen LogP contribution in [0.2, 0.25) is 10.0 Å². The molecule has 4 aromatic rings. The highest BCUT2D eigenvalue weighted by Gasteiger charge is 2.17. The van der Waals surface area contributed by atoms with Crippen LogP contribution in [0.15, 0.2) is 78.9 Å². The molecule has 0 radical (unpaired) electrons. The average Bonchev–Trinajstić information content (AvgIpc) is 2.80. The molecule has 0 aliphatic carbocycles. The maximum absolute atomic E-state index is 13.2. The second kappa shape index (κ2) is 9.77. The molecule has 1 amide bonds. The van der Waals surface area contributed by atoms with Crippen molar-refractivity contribution in [2.45, 2.75) is 32.7 Å². The van der Waals surface area contributed by atoms with Gasteiger partial charge in [0, 0.05) is 11.1 Å². The molecular weight excluding hydrogens is 437 g/mol. The summed E-state index contributed by atoms with van der Waals surface area (Å²) in [5.41, 5.74) is 4.87. The highest BCUT2D eigenvalue weighted by Crippen LogP contribution is 2.37. The minimum atomic E-state index is -0.0696. The zero-order chi connectivity index (χ0) is 22.7. The largest absolute Gasteiger partial charge is 0.345 e. The number of aryl methyl sites for hydroxylation is 1. The topological polar surface area (TPSA) is 29.1 Å². The molecule has 4 rings (SSSR count). The Labute approximate surface area is 199 Å². The Morgan fingerprint density at radius 2 is 1.66 bits per heavy atom. The summed E-state index contributed by atoms with van der Waals surface area (Å²) in [6.07, 6.45) is 1.88. The number of amides is 1. The van der Waals surface area contributed by atoms with E-state index in [-0.39, 0.29) is 11.9 Å². The second-order valence-corrected chi connectivity index (χ2v) is 8.80. The molecule has 0 aromatic heterocycles. The summed E-state index contributed by atoms with van der Waals surface area (Å²) in [7, 11) is 0. The fraction of sp³-hybridized carbons (Fsp3) is 0.179. The van der Waals surface area contributed by atoms with Crippen LogP contribution in [-0.4, -0.2) is 5.91 Å². The highest BCUT2D eigenvalue weighted by molar-refractivity contribution is 6.44. The lowest BCUT2D eigenvalue weighted by molar-refractivity contribution is 0.0934. The van der Waals surface area contributed by atoms with Crippen molar-refractivity contribution in [1.29, 1.82) is 0 Å². The second-order valence-electron chi connectivity index (χ2n) is 8.01. The lowest BCUT2D eigenvalue weighted by Gasteiger charge is -2.21. The minimum absolute atomic E-state index is 0.0130. The summed E-state index contributed by atoms with van der Waals surface area (Å²) in [4.78, 5) is 13.2. The van der Waals surface area contributed by atoms with Crippen molar-refractivity contribution in [3.05, 3.63) is 106 Å². The first kappa shape index (κ1) is 22.4. The highest BCUT2D eigenvalue weighted by atomic mass is 35.5. The molecular formula is C28H25Cl2NO. The third kappa shape index (κ3) is 4.53. The van der Waals surface area contributed by atoms with Gasteiger partial charge in [0.2, 0.25) is 0 Å². The van der Waals surface area contributed by atoms with E-state index in [0.717, 1.165) is 34.7 Å². The van der Waals surface area contributed by atoms with Gasteiger partial charge < -0.3 is 5.32 Å². The van der Waals surface area contributed by atoms with Gasteiger partial charge >= 0.3 is 0 Å². The van der Waals surface area contributed by atoms with Gasteiger partial charge in [-0.25, -0.2) is 0 Å². The van der Waals surface area contributed by atoms with Gasteiger partial charge in [-0.15, -0.1) is 0 Å². The van der Waals surface area contributed by atoms with Crippen LogP contribution in [0.25, 0.3) is 21.9 Å². The van der Waals surface area contributed by atoms with E-state index in [2.05, 4.69) is 31.3 Å². The SMILES string of the molecule is CCC[C@H](NC(=O)c1ccc2c(-c3cccc(Cl)c3Cl)cccc2c1)c1ccccc1C. The molecule has 0 spiro atoms. The summed E-state index contributed by atoms with van der Waals surface area (Å²) in [5, 5.41) is 6.30. The summed E-state index contributed by atoms with van der Waals surface area (Å²) in [5.74, 6) is -0.0696. The lowest BCUT2D eigenvalue weighted by Crippen LogP contribution is -2.29. The molecule has 0 bridgehead atoms. The van der Waals surface area contributed by atoms with E-state index in [1.165, 1.54) is 11.1 Å². The summed E-state index contributed by atoms with van der Waals surface area (Å²) in [6.45, 7) is 4.22. The number of carbonyl (C=O) groups excluding carboxylic acids is 1. The molecule has 1 atom stereocenters. The number of nitrogens with one attached hydrogen (secondary N) is 1. The van der Waals surface area contributed by atoms with Crippen LogP contribution in [0.4, 0.5) is 0 Å². The van der Waals surface area contributed by atoms with E-state index in [1.807, 2.05) is 60.7 Å². The van der Waals surface area contributed by atoms with Gasteiger partial charge in [-0.2, -0.15) is 0 Å². The quantitative estimate of drug-likeness (QED) is 0.306. The Bertz CT molecular complexity index is 1280. The van der Waals surface area contributed by atoms with Crippen LogP contribution in [0, 0.1) is 6.92 Å². The maximum atomic E-state index is 13.2. The van der Waals surface area contributed by atoms with Crippen LogP contribution in [0.1, 0.15) is 47.3 Å². The number of hydrogen-bond donors (Lipinski definition) is 1. The Hall–Kier alpha value is -2.81. The van der Waals surface area contributed by atoms with E-state index in [1.54, 1.807) is 6.07 Å². The van der Waals surface area contributed by atoms with Gasteiger partial charge in [0.15, 0.2) is 0 Å². The third-order valence-electron chi connectivity index (χ3n) is 5.83. The maximum Gasteiger partial charge on any atom is 0.251 e. The molecule has 0 heterocycles. The smallest absolute Gasteiger partial charge is 0.251 e. The van der Waals surface area contributed by atoms with Crippen molar-refractivity contribution in [2.75, 3.05) is 0 Å². The standard InChI is InChI=1S/C28H25Cl2NO/c1-3-8-26(21-11-5-4-9-18(21)2)31-28(32)20-15-16-22-19(17-20)10-6-12-23(22)24-13-7-14-25(29)27(24)30/h4-7,9-17,26H,3,8H2,1-2H3,(H,31,32)/t26-/m0/s1. The molecule has 162 valence electrons. The molecule has 0 fully saturated rings. The van der Waals surface area contributed by atoms with Crippen molar-refractivity contribution >= 4 is 39.9 Å². The number of benzene rings is 4. The van der Waals surface area contributed by atoms with E-state index in [0.29, 0.717) is 15.6 Å². The molecule has 0 aliphatic heterocycles. The summed E-state index contributed by atoms with van der Waals surface area (Å²) < 4.78 is 0. The average molecular weight is 462 g/mol. The van der Waals surface area contributed by atoms with Crippen LogP contribution in [0.3, 0.4) is 0 Å². The van der Waals surface area contributed by atoms with Crippen molar-refractivity contribution < 1.29 is 4.79 Å². The van der Waals surface area contributed by atoms with Crippen LogP contribution >= 0.6 is 23.2 Å². The zero-order valence-electron chi connectivity index (χ0n) is 18.2. The first-order valence-electron chi connectivity index (χ1n) is 10.8. The zero-order valence-corrected chi connectivity index (χ0v) is 19.7. The Balaban J connectivity index is 1.67. The van der Waals surface area contributed by atoms with Gasteiger partial charge in [-0.1, -0.05) is 97.2 Å². The predicted octanol–water partition coefficient (Wildman–Crippen LogP) is 8.39.